The molecule has 0 aromatic carbocycles. The predicted octanol–water partition coefficient (Wildman–Crippen LogP) is 15.4. The van der Waals surface area contributed by atoms with Gasteiger partial charge in [0.1, 0.15) is 6.10 Å². The number of esters is 1. The molecule has 0 spiro atoms. The second-order valence-corrected chi connectivity index (χ2v) is 17.2. The lowest BCUT2D eigenvalue weighted by Gasteiger charge is -2.24. The lowest BCUT2D eigenvalue weighted by molar-refractivity contribution is -0.151. The zero-order valence-electron chi connectivity index (χ0n) is 40.0. The minimum Gasteiger partial charge on any atom is -0.462 e. The Morgan fingerprint density at radius 3 is 1.41 bits per heavy atom. The Labute approximate surface area is 377 Å². The third kappa shape index (κ3) is 43.7. The number of amides is 1. The number of hydrogen-bond acceptors (Lipinski definition) is 5. The van der Waals surface area contributed by atoms with Crippen LogP contribution in [0.5, 0.6) is 0 Å². The van der Waals surface area contributed by atoms with Gasteiger partial charge < -0.3 is 20.3 Å². The van der Waals surface area contributed by atoms with Crippen molar-refractivity contribution in [3.05, 3.63) is 72.9 Å². The van der Waals surface area contributed by atoms with Crippen LogP contribution in [-0.2, 0) is 14.3 Å². The van der Waals surface area contributed by atoms with Crippen LogP contribution in [0.3, 0.4) is 0 Å². The van der Waals surface area contributed by atoms with Crippen molar-refractivity contribution in [2.45, 2.75) is 257 Å². The molecule has 61 heavy (non-hydrogen) atoms. The van der Waals surface area contributed by atoms with E-state index in [-0.39, 0.29) is 24.9 Å². The first-order valence-corrected chi connectivity index (χ1v) is 25.7. The molecule has 1 amide bonds. The van der Waals surface area contributed by atoms with Gasteiger partial charge in [0.2, 0.25) is 5.91 Å². The Bertz CT molecular complexity index is 1140. The molecule has 6 heteroatoms. The van der Waals surface area contributed by atoms with E-state index in [1.54, 1.807) is 0 Å². The first-order valence-electron chi connectivity index (χ1n) is 25.7. The molecular weight excluding hydrogens is 755 g/mol. The molecule has 0 aromatic heterocycles. The van der Waals surface area contributed by atoms with Crippen LogP contribution in [0.25, 0.3) is 0 Å². The molecule has 352 valence electrons. The maximum absolute atomic E-state index is 13.2. The van der Waals surface area contributed by atoms with E-state index in [0.29, 0.717) is 25.7 Å². The molecule has 0 aliphatic rings. The quantitative estimate of drug-likeness (QED) is 0.0245. The number of aliphatic hydroxyl groups excluding tert-OH is 2. The SMILES string of the molecule is CCCCC/C=C\C/C=C\C/C=C\C/C=C\CCCC(=O)OC(CCCCC/C=C/C=C/CCCCCCCCC)CC(=O)NC(CO)C(O)CCCCCCCCCCC. The summed E-state index contributed by atoms with van der Waals surface area (Å²) >= 11 is 0. The van der Waals surface area contributed by atoms with Crippen molar-refractivity contribution < 1.29 is 24.5 Å². The monoisotopic (exact) mass is 852 g/mol. The molecule has 0 heterocycles. The van der Waals surface area contributed by atoms with Crippen LogP contribution in [0, 0.1) is 0 Å². The fourth-order valence-corrected chi connectivity index (χ4v) is 7.35. The van der Waals surface area contributed by atoms with Crippen molar-refractivity contribution >= 4 is 11.9 Å². The van der Waals surface area contributed by atoms with Gasteiger partial charge in [-0.25, -0.2) is 0 Å². The van der Waals surface area contributed by atoms with Crippen LogP contribution in [-0.4, -0.2) is 46.9 Å². The fraction of sp³-hybridized carbons (Fsp3) is 0.745. The Hall–Kier alpha value is -2.70. The first-order chi connectivity index (χ1) is 30.0. The van der Waals surface area contributed by atoms with Crippen molar-refractivity contribution in [3.8, 4) is 0 Å². The smallest absolute Gasteiger partial charge is 0.306 e. The van der Waals surface area contributed by atoms with Gasteiger partial charge in [-0.15, -0.1) is 0 Å². The summed E-state index contributed by atoms with van der Waals surface area (Å²) in [5, 5.41) is 23.7. The molecule has 0 aromatic rings. The molecule has 0 bridgehead atoms. The summed E-state index contributed by atoms with van der Waals surface area (Å²) in [6, 6.07) is -0.722. The minimum atomic E-state index is -0.805. The van der Waals surface area contributed by atoms with Crippen LogP contribution in [0.1, 0.15) is 239 Å². The molecule has 0 aliphatic carbocycles. The van der Waals surface area contributed by atoms with E-state index in [2.05, 4.69) is 99.0 Å². The number of carbonyl (C=O) groups is 2. The molecule has 0 rings (SSSR count). The summed E-state index contributed by atoms with van der Waals surface area (Å²) in [4.78, 5) is 26.1. The van der Waals surface area contributed by atoms with E-state index in [9.17, 15) is 19.8 Å². The van der Waals surface area contributed by atoms with Gasteiger partial charge in [-0.05, 0) is 89.9 Å². The highest BCUT2D eigenvalue weighted by molar-refractivity contribution is 5.77. The second kappa shape index (κ2) is 48.3. The van der Waals surface area contributed by atoms with Crippen LogP contribution < -0.4 is 5.32 Å². The van der Waals surface area contributed by atoms with Crippen LogP contribution in [0.15, 0.2) is 72.9 Å². The van der Waals surface area contributed by atoms with Gasteiger partial charge in [-0.1, -0.05) is 209 Å². The highest BCUT2D eigenvalue weighted by Crippen LogP contribution is 2.16. The van der Waals surface area contributed by atoms with Gasteiger partial charge in [0, 0.05) is 6.42 Å². The second-order valence-electron chi connectivity index (χ2n) is 17.2. The third-order valence-corrected chi connectivity index (χ3v) is 11.3. The van der Waals surface area contributed by atoms with Gasteiger partial charge in [0.05, 0.1) is 25.2 Å². The van der Waals surface area contributed by atoms with E-state index < -0.39 is 18.2 Å². The summed E-state index contributed by atoms with van der Waals surface area (Å²) in [6.45, 7) is 6.41. The number of ether oxygens (including phenoxy) is 1. The van der Waals surface area contributed by atoms with Crippen molar-refractivity contribution in [2.24, 2.45) is 0 Å². The Balaban J connectivity index is 4.73. The van der Waals surface area contributed by atoms with Crippen molar-refractivity contribution in [1.29, 1.82) is 0 Å². The lowest BCUT2D eigenvalue weighted by Crippen LogP contribution is -2.46. The van der Waals surface area contributed by atoms with Crippen molar-refractivity contribution in [3.63, 3.8) is 0 Å². The van der Waals surface area contributed by atoms with E-state index in [0.717, 1.165) is 77.0 Å². The fourth-order valence-electron chi connectivity index (χ4n) is 7.35. The van der Waals surface area contributed by atoms with Crippen molar-refractivity contribution in [2.75, 3.05) is 6.61 Å². The van der Waals surface area contributed by atoms with Crippen LogP contribution >= 0.6 is 0 Å². The molecule has 6 nitrogen and oxygen atoms in total. The Kier molecular flexibility index (Phi) is 46.2. The zero-order chi connectivity index (χ0) is 44.5. The average molecular weight is 852 g/mol. The number of hydrogen-bond donors (Lipinski definition) is 3. The number of unbranched alkanes of at least 4 members (excludes halogenated alkanes) is 22. The number of rotatable bonds is 45. The van der Waals surface area contributed by atoms with Crippen molar-refractivity contribution in [1.82, 2.24) is 5.32 Å². The molecule has 0 radical (unpaired) electrons. The van der Waals surface area contributed by atoms with Gasteiger partial charge in [0.15, 0.2) is 0 Å². The highest BCUT2D eigenvalue weighted by atomic mass is 16.5. The molecule has 0 fully saturated rings. The largest absolute Gasteiger partial charge is 0.462 e. The van der Waals surface area contributed by atoms with Gasteiger partial charge >= 0.3 is 5.97 Å². The molecule has 0 saturated heterocycles. The molecule has 3 N–H and O–H groups in total. The summed E-state index contributed by atoms with van der Waals surface area (Å²) in [5.41, 5.74) is 0. The summed E-state index contributed by atoms with van der Waals surface area (Å²) in [5.74, 6) is -0.570. The minimum absolute atomic E-state index is 0.0353. The first kappa shape index (κ1) is 58.3. The Morgan fingerprint density at radius 2 is 0.885 bits per heavy atom. The van der Waals surface area contributed by atoms with Crippen LogP contribution in [0.4, 0.5) is 0 Å². The average Bonchev–Trinajstić information content (AvgIpc) is 3.25. The molecule has 0 saturated carbocycles. The topological polar surface area (TPSA) is 95.9 Å². The molecule has 3 unspecified atom stereocenters. The normalized spacial score (nSPS) is 13.9. The number of aliphatic hydroxyl groups is 2. The third-order valence-electron chi connectivity index (χ3n) is 11.3. The maximum atomic E-state index is 13.2. The zero-order valence-corrected chi connectivity index (χ0v) is 40.0. The van der Waals surface area contributed by atoms with Gasteiger partial charge in [0.25, 0.3) is 0 Å². The van der Waals surface area contributed by atoms with E-state index >= 15 is 0 Å². The van der Waals surface area contributed by atoms with Gasteiger partial charge in [-0.2, -0.15) is 0 Å². The predicted molar refractivity (Wildman–Crippen MR) is 264 cm³/mol. The van der Waals surface area contributed by atoms with Crippen LogP contribution in [0.2, 0.25) is 0 Å². The molecule has 0 aliphatic heterocycles. The lowest BCUT2D eigenvalue weighted by atomic mass is 10.0. The highest BCUT2D eigenvalue weighted by Gasteiger charge is 2.24. The molecule has 3 atom stereocenters. The standard InChI is InChI=1S/C55H97NO5/c1-4-7-10-13-16-19-21-23-25-27-29-31-33-36-39-42-45-48-55(60)61-51(46-43-40-37-35-32-30-28-26-24-22-20-17-14-11-8-5-2)49-54(59)56-52(50-57)53(58)47-44-41-38-34-18-15-12-9-6-3/h16,19,23,25-26,28-32,36,39,51-53,57-58H,4-15,17-18,20-22,24,27,33-35,37-38,40-50H2,1-3H3,(H,56,59)/b19-16-,25-23-,28-26+,31-29-,32-30+,39-36-. The van der Waals surface area contributed by atoms with E-state index in [1.807, 2.05) is 0 Å². The van der Waals surface area contributed by atoms with Gasteiger partial charge in [-0.3, -0.25) is 9.59 Å². The summed E-state index contributed by atoms with van der Waals surface area (Å²) < 4.78 is 5.89. The number of allylic oxidation sites excluding steroid dienone is 12. The maximum Gasteiger partial charge on any atom is 0.306 e. The summed E-state index contributed by atoms with van der Waals surface area (Å²) in [6.07, 6.45) is 61.1. The van der Waals surface area contributed by atoms with E-state index in [4.69, 9.17) is 4.74 Å². The number of carbonyl (C=O) groups excluding carboxylic acids is 2. The number of nitrogens with one attached hydrogen (secondary N) is 1. The Morgan fingerprint density at radius 1 is 0.492 bits per heavy atom. The molecular formula is C55H97NO5. The van der Waals surface area contributed by atoms with E-state index in [1.165, 1.54) is 109 Å². The summed E-state index contributed by atoms with van der Waals surface area (Å²) in [7, 11) is 0.